The molecule has 5 aromatic carbocycles. The third-order valence-electron chi connectivity index (χ3n) is 8.44. The van der Waals surface area contributed by atoms with Crippen LogP contribution in [0.15, 0.2) is 115 Å². The Morgan fingerprint density at radius 2 is 1.26 bits per heavy atom. The molecule has 0 aliphatic carbocycles. The van der Waals surface area contributed by atoms with Crippen LogP contribution in [0.5, 0.6) is 0 Å². The zero-order valence-corrected chi connectivity index (χ0v) is 26.7. The van der Waals surface area contributed by atoms with Gasteiger partial charge < -0.3 is 20.3 Å². The second-order valence-corrected chi connectivity index (χ2v) is 11.9. The molecular formula is C39H34ClN3O4. The van der Waals surface area contributed by atoms with E-state index in [1.54, 1.807) is 12.1 Å². The van der Waals surface area contributed by atoms with E-state index in [9.17, 15) is 14.4 Å². The van der Waals surface area contributed by atoms with Crippen molar-refractivity contribution in [3.63, 3.8) is 0 Å². The van der Waals surface area contributed by atoms with Crippen LogP contribution in [0.25, 0.3) is 0 Å². The summed E-state index contributed by atoms with van der Waals surface area (Å²) in [6, 6.07) is 35.8. The molecule has 2 aliphatic heterocycles. The highest BCUT2D eigenvalue weighted by atomic mass is 35.5. The number of methoxy groups -OCH3 is 1. The highest BCUT2D eigenvalue weighted by Crippen LogP contribution is 2.32. The second-order valence-electron chi connectivity index (χ2n) is 11.5. The molecule has 0 radical (unpaired) electrons. The molecule has 2 heterocycles. The second kappa shape index (κ2) is 13.9. The van der Waals surface area contributed by atoms with Gasteiger partial charge in [0.2, 0.25) is 0 Å². The first kappa shape index (κ1) is 31.6. The summed E-state index contributed by atoms with van der Waals surface area (Å²) in [5.41, 5.74) is 14.6. The number of esters is 1. The number of benzene rings is 5. The summed E-state index contributed by atoms with van der Waals surface area (Å²) in [5.74, 6) is -0.329. The van der Waals surface area contributed by atoms with Gasteiger partial charge in [-0.25, -0.2) is 4.79 Å². The number of nitrogen functional groups attached to an aromatic ring is 1. The normalized spacial score (nSPS) is 12.9. The maximum absolute atomic E-state index is 12.8. The van der Waals surface area contributed by atoms with Gasteiger partial charge in [-0.2, -0.15) is 0 Å². The summed E-state index contributed by atoms with van der Waals surface area (Å²) in [5, 5.41) is 0.498. The minimum atomic E-state index is -0.400. The first-order valence-electron chi connectivity index (χ1n) is 15.4. The standard InChI is InChI=1S/C24H20ClNO3.C15H14N2O/c1-29-24(28)21-15-20(25)9-8-18(21)13-16-7-10-22-19(14-16)11-12-26(22)23(27)17-5-3-2-4-6-17;16-13-6-7-14-12(10-13)8-9-17(14)15(18)11-4-2-1-3-5-11/h2-10,14-15H,11-13H2,1H3;1-7,10H,8-9,16H2. The Bertz CT molecular complexity index is 1950. The molecule has 0 spiro atoms. The number of nitrogens with two attached hydrogens (primary N) is 1. The van der Waals surface area contributed by atoms with Gasteiger partial charge in [0, 0.05) is 46.3 Å². The fourth-order valence-corrected chi connectivity index (χ4v) is 6.28. The Labute approximate surface area is 279 Å². The maximum atomic E-state index is 12.8. The van der Waals surface area contributed by atoms with Crippen LogP contribution in [-0.4, -0.2) is 38.0 Å². The van der Waals surface area contributed by atoms with Gasteiger partial charge in [0.25, 0.3) is 11.8 Å². The van der Waals surface area contributed by atoms with E-state index in [1.165, 1.54) is 7.11 Å². The van der Waals surface area contributed by atoms with Crippen molar-refractivity contribution in [2.24, 2.45) is 0 Å². The van der Waals surface area contributed by atoms with Crippen molar-refractivity contribution in [3.8, 4) is 0 Å². The molecule has 8 heteroatoms. The average Bonchev–Trinajstić information content (AvgIpc) is 3.73. The number of nitrogens with zero attached hydrogens (tertiary/aromatic N) is 2. The summed E-state index contributed by atoms with van der Waals surface area (Å²) in [6.45, 7) is 1.40. The number of carbonyl (C=O) groups is 3. The average molecular weight is 644 g/mol. The fraction of sp³-hybridized carbons (Fsp3) is 0.154. The first-order valence-corrected chi connectivity index (χ1v) is 15.8. The van der Waals surface area contributed by atoms with Crippen molar-refractivity contribution in [1.82, 2.24) is 0 Å². The molecule has 236 valence electrons. The van der Waals surface area contributed by atoms with Crippen LogP contribution >= 0.6 is 11.6 Å². The van der Waals surface area contributed by atoms with E-state index in [1.807, 2.05) is 107 Å². The zero-order chi connectivity index (χ0) is 32.9. The third kappa shape index (κ3) is 6.90. The molecule has 7 nitrogen and oxygen atoms in total. The van der Waals surface area contributed by atoms with Crippen LogP contribution in [0.3, 0.4) is 0 Å². The van der Waals surface area contributed by atoms with Gasteiger partial charge in [-0.1, -0.05) is 66.2 Å². The molecule has 0 bridgehead atoms. The Kier molecular flexibility index (Phi) is 9.36. The first-order chi connectivity index (χ1) is 22.8. The lowest BCUT2D eigenvalue weighted by molar-refractivity contribution is 0.0599. The van der Waals surface area contributed by atoms with Crippen LogP contribution in [-0.2, 0) is 24.0 Å². The SMILES string of the molecule is COC(=O)c1cc(Cl)ccc1Cc1ccc2c(c1)CCN2C(=O)c1ccccc1.Nc1ccc2c(c1)CCN2C(=O)c1ccccc1. The molecule has 2 aliphatic rings. The highest BCUT2D eigenvalue weighted by molar-refractivity contribution is 6.31. The quantitative estimate of drug-likeness (QED) is 0.159. The lowest BCUT2D eigenvalue weighted by atomic mass is 9.98. The van der Waals surface area contributed by atoms with Crippen molar-refractivity contribution >= 4 is 46.4 Å². The van der Waals surface area contributed by atoms with Gasteiger partial charge in [0.05, 0.1) is 12.7 Å². The Morgan fingerprint density at radius 1 is 0.702 bits per heavy atom. The van der Waals surface area contributed by atoms with Crippen molar-refractivity contribution in [2.45, 2.75) is 19.3 Å². The van der Waals surface area contributed by atoms with Gasteiger partial charge in [-0.15, -0.1) is 0 Å². The smallest absolute Gasteiger partial charge is 0.338 e. The molecule has 0 unspecified atom stereocenters. The number of halogens is 1. The van der Waals surface area contributed by atoms with E-state index in [-0.39, 0.29) is 11.8 Å². The number of hydrogen-bond acceptors (Lipinski definition) is 5. The van der Waals surface area contributed by atoms with Crippen molar-refractivity contribution in [3.05, 3.63) is 159 Å². The van der Waals surface area contributed by atoms with Gasteiger partial charge >= 0.3 is 5.97 Å². The zero-order valence-electron chi connectivity index (χ0n) is 26.0. The van der Waals surface area contributed by atoms with Crippen LogP contribution < -0.4 is 15.5 Å². The molecule has 0 aromatic heterocycles. The summed E-state index contributed by atoms with van der Waals surface area (Å²) in [7, 11) is 1.36. The van der Waals surface area contributed by atoms with Crippen molar-refractivity contribution in [1.29, 1.82) is 0 Å². The fourth-order valence-electron chi connectivity index (χ4n) is 6.10. The van der Waals surface area contributed by atoms with Gasteiger partial charge in [-0.3, -0.25) is 9.59 Å². The van der Waals surface area contributed by atoms with Crippen LogP contribution in [0.2, 0.25) is 5.02 Å². The van der Waals surface area contributed by atoms with Crippen LogP contribution in [0.1, 0.15) is 53.3 Å². The number of anilines is 3. The molecule has 7 rings (SSSR count). The van der Waals surface area contributed by atoms with E-state index in [2.05, 4.69) is 6.07 Å². The topological polar surface area (TPSA) is 92.9 Å². The summed E-state index contributed by atoms with van der Waals surface area (Å²) >= 11 is 6.05. The Balaban J connectivity index is 0.000000183. The van der Waals surface area contributed by atoms with E-state index >= 15 is 0 Å². The third-order valence-corrected chi connectivity index (χ3v) is 8.68. The molecule has 0 saturated carbocycles. The molecule has 0 atom stereocenters. The molecular weight excluding hydrogens is 610 g/mol. The number of ether oxygens (including phenoxy) is 1. The Morgan fingerprint density at radius 3 is 1.83 bits per heavy atom. The molecule has 0 saturated heterocycles. The van der Waals surface area contributed by atoms with Gasteiger partial charge in [-0.05, 0) is 102 Å². The minimum Gasteiger partial charge on any atom is -0.465 e. The van der Waals surface area contributed by atoms with Crippen LogP contribution in [0.4, 0.5) is 17.1 Å². The van der Waals surface area contributed by atoms with E-state index < -0.39 is 5.97 Å². The predicted molar refractivity (Wildman–Crippen MR) is 187 cm³/mol. The maximum Gasteiger partial charge on any atom is 0.338 e. The summed E-state index contributed by atoms with van der Waals surface area (Å²) < 4.78 is 4.88. The number of rotatable bonds is 5. The van der Waals surface area contributed by atoms with E-state index in [0.717, 1.165) is 64.3 Å². The highest BCUT2D eigenvalue weighted by Gasteiger charge is 2.27. The lowest BCUT2D eigenvalue weighted by Crippen LogP contribution is -2.28. The number of hydrogen-bond donors (Lipinski definition) is 1. The minimum absolute atomic E-state index is 0.0165. The molecule has 2 amide bonds. The molecule has 0 fully saturated rings. The molecule has 2 N–H and O–H groups in total. The van der Waals surface area contributed by atoms with E-state index in [0.29, 0.717) is 29.1 Å². The summed E-state index contributed by atoms with van der Waals surface area (Å²) in [6.07, 6.45) is 2.27. The lowest BCUT2D eigenvalue weighted by Gasteiger charge is -2.18. The monoisotopic (exact) mass is 643 g/mol. The van der Waals surface area contributed by atoms with Crippen molar-refractivity contribution in [2.75, 3.05) is 35.7 Å². The van der Waals surface area contributed by atoms with Gasteiger partial charge in [0.1, 0.15) is 0 Å². The van der Waals surface area contributed by atoms with E-state index in [4.69, 9.17) is 22.1 Å². The number of fused-ring (bicyclic) bond motifs is 2. The summed E-state index contributed by atoms with van der Waals surface area (Å²) in [4.78, 5) is 41.0. The molecule has 5 aromatic rings. The Hall–Kier alpha value is -5.40. The van der Waals surface area contributed by atoms with Gasteiger partial charge in [0.15, 0.2) is 0 Å². The molecule has 47 heavy (non-hydrogen) atoms. The number of amides is 2. The van der Waals surface area contributed by atoms with Crippen LogP contribution in [0, 0.1) is 0 Å². The number of carbonyl (C=O) groups excluding carboxylic acids is 3. The van der Waals surface area contributed by atoms with Crippen molar-refractivity contribution < 1.29 is 19.1 Å². The predicted octanol–water partition coefficient (Wildman–Crippen LogP) is 7.39. The largest absolute Gasteiger partial charge is 0.465 e.